The Bertz CT molecular complexity index is 898. The number of benzene rings is 2. The normalized spacial score (nSPS) is 10.6. The lowest BCUT2D eigenvalue weighted by atomic mass is 9.99. The number of hydrogen-bond donors (Lipinski definition) is 0. The second-order valence-electron chi connectivity index (χ2n) is 5.93. The largest absolute Gasteiger partial charge is 0.496 e. The molecular formula is C21H22N2O3. The first-order valence-electron chi connectivity index (χ1n) is 8.52. The summed E-state index contributed by atoms with van der Waals surface area (Å²) < 4.78 is 11.6. The molecule has 1 aromatic heterocycles. The number of aromatic nitrogens is 2. The van der Waals surface area contributed by atoms with E-state index in [1.807, 2.05) is 24.3 Å². The molecule has 26 heavy (non-hydrogen) atoms. The van der Waals surface area contributed by atoms with E-state index in [4.69, 9.17) is 4.74 Å². The minimum absolute atomic E-state index is 0.111. The SMILES string of the molecule is CCc1cc(-c2ccc(-c3ccn(CC(=O)OC)n3)cc2)ccc1OC. The molecule has 0 saturated heterocycles. The number of ether oxygens (including phenoxy) is 2. The van der Waals surface area contributed by atoms with Crippen molar-refractivity contribution in [3.05, 3.63) is 60.3 Å². The van der Waals surface area contributed by atoms with E-state index < -0.39 is 0 Å². The molecule has 0 aliphatic heterocycles. The summed E-state index contributed by atoms with van der Waals surface area (Å²) >= 11 is 0. The van der Waals surface area contributed by atoms with Crippen LogP contribution in [0.5, 0.6) is 5.75 Å². The number of esters is 1. The van der Waals surface area contributed by atoms with Crippen molar-refractivity contribution in [3.63, 3.8) is 0 Å². The monoisotopic (exact) mass is 350 g/mol. The first-order chi connectivity index (χ1) is 12.6. The van der Waals surface area contributed by atoms with Gasteiger partial charge in [-0.05, 0) is 41.3 Å². The van der Waals surface area contributed by atoms with Crippen molar-refractivity contribution in [2.24, 2.45) is 0 Å². The van der Waals surface area contributed by atoms with Crippen LogP contribution in [0.2, 0.25) is 0 Å². The molecule has 0 spiro atoms. The molecule has 0 saturated carbocycles. The van der Waals surface area contributed by atoms with Gasteiger partial charge in [-0.25, -0.2) is 0 Å². The van der Waals surface area contributed by atoms with Crippen LogP contribution >= 0.6 is 0 Å². The number of nitrogens with zero attached hydrogens (tertiary/aromatic N) is 2. The highest BCUT2D eigenvalue weighted by molar-refractivity contribution is 5.71. The molecule has 0 atom stereocenters. The van der Waals surface area contributed by atoms with E-state index in [1.165, 1.54) is 12.7 Å². The van der Waals surface area contributed by atoms with E-state index >= 15 is 0 Å². The number of carbonyl (C=O) groups excluding carboxylic acids is 1. The Morgan fingerprint density at radius 3 is 2.35 bits per heavy atom. The molecule has 5 nitrogen and oxygen atoms in total. The molecule has 0 amide bonds. The van der Waals surface area contributed by atoms with Crippen molar-refractivity contribution < 1.29 is 14.3 Å². The van der Waals surface area contributed by atoms with E-state index in [1.54, 1.807) is 18.0 Å². The number of aryl methyl sites for hydroxylation is 1. The topological polar surface area (TPSA) is 53.4 Å². The van der Waals surface area contributed by atoms with Gasteiger partial charge in [0.05, 0.1) is 19.9 Å². The van der Waals surface area contributed by atoms with Gasteiger partial charge >= 0.3 is 5.97 Å². The molecule has 0 radical (unpaired) electrons. The van der Waals surface area contributed by atoms with Crippen LogP contribution in [-0.2, 0) is 22.5 Å². The van der Waals surface area contributed by atoms with E-state index in [9.17, 15) is 4.79 Å². The molecule has 1 heterocycles. The van der Waals surface area contributed by atoms with Crippen LogP contribution in [0.1, 0.15) is 12.5 Å². The minimum Gasteiger partial charge on any atom is -0.496 e. The summed E-state index contributed by atoms with van der Waals surface area (Å²) in [5.74, 6) is 0.602. The molecule has 5 heteroatoms. The second-order valence-corrected chi connectivity index (χ2v) is 5.93. The third-order valence-corrected chi connectivity index (χ3v) is 4.33. The van der Waals surface area contributed by atoms with Gasteiger partial charge in [0.1, 0.15) is 12.3 Å². The van der Waals surface area contributed by atoms with E-state index in [0.717, 1.165) is 34.6 Å². The number of methoxy groups -OCH3 is 2. The Morgan fingerprint density at radius 2 is 1.69 bits per heavy atom. The summed E-state index contributed by atoms with van der Waals surface area (Å²) in [7, 11) is 3.07. The minimum atomic E-state index is -0.318. The van der Waals surface area contributed by atoms with Crippen LogP contribution < -0.4 is 4.74 Å². The quantitative estimate of drug-likeness (QED) is 0.632. The molecule has 3 rings (SSSR count). The Morgan fingerprint density at radius 1 is 1.00 bits per heavy atom. The predicted molar refractivity (Wildman–Crippen MR) is 101 cm³/mol. The molecule has 0 N–H and O–H groups in total. The average molecular weight is 350 g/mol. The highest BCUT2D eigenvalue weighted by atomic mass is 16.5. The van der Waals surface area contributed by atoms with Gasteiger partial charge in [0.25, 0.3) is 0 Å². The summed E-state index contributed by atoms with van der Waals surface area (Å²) in [5, 5.41) is 4.42. The molecule has 0 unspecified atom stereocenters. The lowest BCUT2D eigenvalue weighted by Gasteiger charge is -2.10. The fraction of sp³-hybridized carbons (Fsp3) is 0.238. The van der Waals surface area contributed by atoms with Crippen molar-refractivity contribution in [2.75, 3.05) is 14.2 Å². The average Bonchev–Trinajstić information content (AvgIpc) is 3.15. The highest BCUT2D eigenvalue weighted by Crippen LogP contribution is 2.28. The summed E-state index contributed by atoms with van der Waals surface area (Å²) in [5.41, 5.74) is 5.31. The highest BCUT2D eigenvalue weighted by Gasteiger charge is 2.08. The third kappa shape index (κ3) is 3.77. The maximum atomic E-state index is 11.3. The standard InChI is InChI=1S/C21H22N2O3/c1-4-15-13-18(9-10-20(15)25-2)16-5-7-17(8-6-16)19-11-12-23(22-19)14-21(24)26-3/h5-13H,4,14H2,1-3H3. The summed E-state index contributed by atoms with van der Waals surface area (Å²) in [4.78, 5) is 11.3. The Kier molecular flexibility index (Phi) is 5.37. The molecule has 134 valence electrons. The van der Waals surface area contributed by atoms with Crippen LogP contribution in [0.25, 0.3) is 22.4 Å². The first-order valence-corrected chi connectivity index (χ1v) is 8.52. The number of hydrogen-bond acceptors (Lipinski definition) is 4. The van der Waals surface area contributed by atoms with Gasteiger partial charge in [-0.15, -0.1) is 0 Å². The predicted octanol–water partition coefficient (Wildman–Crippen LogP) is 3.96. The van der Waals surface area contributed by atoms with Crippen LogP contribution in [0.15, 0.2) is 54.7 Å². The lowest BCUT2D eigenvalue weighted by molar-refractivity contribution is -0.141. The van der Waals surface area contributed by atoms with Gasteiger partial charge < -0.3 is 9.47 Å². The fourth-order valence-corrected chi connectivity index (χ4v) is 2.87. The van der Waals surface area contributed by atoms with E-state index in [-0.39, 0.29) is 12.5 Å². The van der Waals surface area contributed by atoms with Crippen LogP contribution in [0.3, 0.4) is 0 Å². The van der Waals surface area contributed by atoms with Crippen LogP contribution in [0.4, 0.5) is 0 Å². The van der Waals surface area contributed by atoms with Crippen molar-refractivity contribution in [1.82, 2.24) is 9.78 Å². The van der Waals surface area contributed by atoms with Gasteiger partial charge in [0, 0.05) is 11.8 Å². The molecule has 0 aliphatic carbocycles. The maximum absolute atomic E-state index is 11.3. The molecular weight excluding hydrogens is 328 g/mol. The molecule has 0 bridgehead atoms. The zero-order valence-electron chi connectivity index (χ0n) is 15.2. The van der Waals surface area contributed by atoms with Crippen LogP contribution in [-0.4, -0.2) is 30.0 Å². The Labute approximate surface area is 153 Å². The van der Waals surface area contributed by atoms with Gasteiger partial charge in [0.2, 0.25) is 0 Å². The van der Waals surface area contributed by atoms with Crippen molar-refractivity contribution in [1.29, 1.82) is 0 Å². The van der Waals surface area contributed by atoms with E-state index in [2.05, 4.69) is 41.0 Å². The van der Waals surface area contributed by atoms with Gasteiger partial charge in [-0.2, -0.15) is 5.10 Å². The number of rotatable bonds is 6. The summed E-state index contributed by atoms with van der Waals surface area (Å²) in [6.45, 7) is 2.23. The van der Waals surface area contributed by atoms with Crippen LogP contribution in [0, 0.1) is 0 Å². The van der Waals surface area contributed by atoms with Gasteiger partial charge in [0.15, 0.2) is 0 Å². The fourth-order valence-electron chi connectivity index (χ4n) is 2.87. The smallest absolute Gasteiger partial charge is 0.327 e. The third-order valence-electron chi connectivity index (χ3n) is 4.33. The number of carbonyl (C=O) groups is 1. The molecule has 2 aromatic carbocycles. The van der Waals surface area contributed by atoms with Gasteiger partial charge in [-0.3, -0.25) is 9.48 Å². The maximum Gasteiger partial charge on any atom is 0.327 e. The molecule has 0 aliphatic rings. The van der Waals surface area contributed by atoms with Crippen molar-refractivity contribution in [3.8, 4) is 28.1 Å². The summed E-state index contributed by atoms with van der Waals surface area (Å²) in [6.07, 6.45) is 2.70. The second kappa shape index (κ2) is 7.87. The zero-order chi connectivity index (χ0) is 18.5. The molecule has 3 aromatic rings. The lowest BCUT2D eigenvalue weighted by Crippen LogP contribution is -2.11. The van der Waals surface area contributed by atoms with Crippen molar-refractivity contribution in [2.45, 2.75) is 19.9 Å². The summed E-state index contributed by atoms with van der Waals surface area (Å²) in [6, 6.07) is 16.4. The molecule has 0 fully saturated rings. The van der Waals surface area contributed by atoms with Gasteiger partial charge in [-0.1, -0.05) is 37.3 Å². The zero-order valence-corrected chi connectivity index (χ0v) is 15.2. The first kappa shape index (κ1) is 17.7. The Hall–Kier alpha value is -3.08. The van der Waals surface area contributed by atoms with E-state index in [0.29, 0.717) is 0 Å². The van der Waals surface area contributed by atoms with Crippen molar-refractivity contribution >= 4 is 5.97 Å². The Balaban J connectivity index is 1.82.